The van der Waals surface area contributed by atoms with Crippen LogP contribution in [0.5, 0.6) is 0 Å². The lowest BCUT2D eigenvalue weighted by atomic mass is 10.1. The Kier molecular flexibility index (Phi) is 4.83. The molecule has 0 saturated heterocycles. The molecule has 0 unspecified atom stereocenters. The molecule has 2 aliphatic rings. The van der Waals surface area contributed by atoms with Crippen molar-refractivity contribution in [2.45, 2.75) is 51.1 Å². The maximum atomic E-state index is 13.7. The van der Waals surface area contributed by atoms with Crippen LogP contribution in [0, 0.1) is 6.92 Å². The molecular formula is C22H22F4N4. The summed E-state index contributed by atoms with van der Waals surface area (Å²) in [5.74, 6) is -1.96. The Hall–Kier alpha value is -2.90. The number of aryl methyl sites for hydroxylation is 1. The van der Waals surface area contributed by atoms with Gasteiger partial charge in [0.25, 0.3) is 12.3 Å². The second-order valence-corrected chi connectivity index (χ2v) is 7.90. The van der Waals surface area contributed by atoms with Crippen LogP contribution in [0.25, 0.3) is 12.3 Å². The molecule has 30 heavy (non-hydrogen) atoms. The van der Waals surface area contributed by atoms with Crippen molar-refractivity contribution >= 4 is 18.1 Å². The number of benzene rings is 1. The first-order valence-corrected chi connectivity index (χ1v) is 9.66. The van der Waals surface area contributed by atoms with E-state index in [0.29, 0.717) is 46.3 Å². The molecule has 1 aliphatic heterocycles. The van der Waals surface area contributed by atoms with Crippen molar-refractivity contribution in [2.75, 3.05) is 5.32 Å². The van der Waals surface area contributed by atoms with E-state index in [1.165, 1.54) is 17.0 Å². The Morgan fingerprint density at radius 3 is 2.63 bits per heavy atom. The van der Waals surface area contributed by atoms with Gasteiger partial charge in [-0.25, -0.2) is 27.5 Å². The smallest absolute Gasteiger partial charge is 0.270 e. The predicted molar refractivity (Wildman–Crippen MR) is 107 cm³/mol. The molecule has 0 amide bonds. The second kappa shape index (κ2) is 7.11. The lowest BCUT2D eigenvalue weighted by molar-refractivity contribution is 0.0174. The van der Waals surface area contributed by atoms with Crippen molar-refractivity contribution in [1.82, 2.24) is 14.9 Å². The second-order valence-electron chi connectivity index (χ2n) is 7.90. The summed E-state index contributed by atoms with van der Waals surface area (Å²) in [5, 5.41) is 4.32. The largest absolute Gasteiger partial charge is 0.365 e. The zero-order valence-electron chi connectivity index (χ0n) is 16.7. The quantitative estimate of drug-likeness (QED) is 0.728. The van der Waals surface area contributed by atoms with Gasteiger partial charge in [-0.15, -0.1) is 0 Å². The first-order valence-electron chi connectivity index (χ1n) is 9.66. The molecule has 1 aromatic carbocycles. The highest BCUT2D eigenvalue weighted by Crippen LogP contribution is 2.48. The number of allylic oxidation sites excluding steroid dienone is 1. The standard InChI is InChI=1S/C22H22F4N4/c1-13-9-18-17(12-30(13)22(7-8-22)20(23)24)19(29-14(2)28-18)27-11-15-5-4-6-16(10-15)21(3,25)26/h4-6,9-10,12,20H,1,7-8,11H2,2-3H3,(H,27,28,29). The molecule has 0 spiro atoms. The SMILES string of the molecule is C=C1C=c2nc(C)nc(NCc3cccc(C(C)(F)F)c3)c2=CN1C1(C(F)F)CC1. The monoisotopic (exact) mass is 418 g/mol. The van der Waals surface area contributed by atoms with Crippen molar-refractivity contribution in [2.24, 2.45) is 0 Å². The van der Waals surface area contributed by atoms with E-state index in [9.17, 15) is 17.6 Å². The van der Waals surface area contributed by atoms with Gasteiger partial charge in [0.1, 0.15) is 17.2 Å². The number of rotatable bonds is 6. The highest BCUT2D eigenvalue weighted by molar-refractivity contribution is 5.58. The maximum Gasteiger partial charge on any atom is 0.270 e. The number of fused-ring (bicyclic) bond motifs is 1. The molecule has 1 saturated carbocycles. The Balaban J connectivity index is 1.68. The van der Waals surface area contributed by atoms with Crippen LogP contribution in [0.3, 0.4) is 0 Å². The summed E-state index contributed by atoms with van der Waals surface area (Å²) >= 11 is 0. The summed E-state index contributed by atoms with van der Waals surface area (Å²) in [4.78, 5) is 10.3. The van der Waals surface area contributed by atoms with Crippen LogP contribution in [0.15, 0.2) is 36.5 Å². The molecule has 4 rings (SSSR count). The Bertz CT molecular complexity index is 1120. The van der Waals surface area contributed by atoms with Crippen molar-refractivity contribution in [3.8, 4) is 0 Å². The molecule has 1 fully saturated rings. The molecule has 8 heteroatoms. The van der Waals surface area contributed by atoms with Gasteiger partial charge >= 0.3 is 0 Å². The van der Waals surface area contributed by atoms with E-state index in [1.807, 2.05) is 0 Å². The fourth-order valence-electron chi connectivity index (χ4n) is 3.66. The van der Waals surface area contributed by atoms with E-state index in [-0.39, 0.29) is 12.1 Å². The van der Waals surface area contributed by atoms with E-state index in [4.69, 9.17) is 0 Å². The molecular weight excluding hydrogens is 396 g/mol. The molecule has 0 atom stereocenters. The number of halogens is 4. The first-order chi connectivity index (χ1) is 14.1. The average molecular weight is 418 g/mol. The average Bonchev–Trinajstić information content (AvgIpc) is 3.47. The minimum absolute atomic E-state index is 0.0716. The zero-order valence-corrected chi connectivity index (χ0v) is 16.7. The molecule has 1 N–H and O–H groups in total. The van der Waals surface area contributed by atoms with E-state index in [0.717, 1.165) is 6.92 Å². The number of hydrogen-bond donors (Lipinski definition) is 1. The molecule has 2 aromatic rings. The Morgan fingerprint density at radius 2 is 2.00 bits per heavy atom. The van der Waals surface area contributed by atoms with Crippen LogP contribution in [-0.2, 0) is 12.5 Å². The van der Waals surface area contributed by atoms with E-state index >= 15 is 0 Å². The highest BCUT2D eigenvalue weighted by Gasteiger charge is 2.55. The van der Waals surface area contributed by atoms with Gasteiger partial charge in [-0.05, 0) is 37.5 Å². The van der Waals surface area contributed by atoms with Gasteiger partial charge in [-0.1, -0.05) is 24.8 Å². The van der Waals surface area contributed by atoms with Gasteiger partial charge in [0.05, 0.1) is 10.6 Å². The van der Waals surface area contributed by atoms with Crippen LogP contribution in [0.4, 0.5) is 23.4 Å². The summed E-state index contributed by atoms with van der Waals surface area (Å²) < 4.78 is 54.5. The summed E-state index contributed by atoms with van der Waals surface area (Å²) in [6.45, 7) is 6.76. The minimum Gasteiger partial charge on any atom is -0.365 e. The molecule has 0 radical (unpaired) electrons. The van der Waals surface area contributed by atoms with Crippen molar-refractivity contribution in [3.05, 3.63) is 64.1 Å². The first kappa shape index (κ1) is 20.4. The van der Waals surface area contributed by atoms with Crippen molar-refractivity contribution in [3.63, 3.8) is 0 Å². The number of hydrogen-bond acceptors (Lipinski definition) is 4. The van der Waals surface area contributed by atoms with Gasteiger partial charge < -0.3 is 10.2 Å². The third-order valence-electron chi connectivity index (χ3n) is 5.50. The van der Waals surface area contributed by atoms with Crippen LogP contribution >= 0.6 is 0 Å². The van der Waals surface area contributed by atoms with Crippen LogP contribution < -0.4 is 15.9 Å². The maximum absolute atomic E-state index is 13.7. The third kappa shape index (κ3) is 3.66. The lowest BCUT2D eigenvalue weighted by Gasteiger charge is -2.32. The van der Waals surface area contributed by atoms with Crippen molar-refractivity contribution < 1.29 is 17.6 Å². The molecule has 2 heterocycles. The normalized spacial score (nSPS) is 17.3. The van der Waals surface area contributed by atoms with Gasteiger partial charge in [0.2, 0.25) is 0 Å². The zero-order chi connectivity index (χ0) is 21.7. The molecule has 158 valence electrons. The van der Waals surface area contributed by atoms with Gasteiger partial charge in [0, 0.05) is 30.9 Å². The van der Waals surface area contributed by atoms with Crippen LogP contribution in [-0.4, -0.2) is 26.8 Å². The fraction of sp³-hybridized carbons (Fsp3) is 0.364. The number of alkyl halides is 4. The summed E-state index contributed by atoms with van der Waals surface area (Å²) in [6, 6.07) is 6.14. The molecule has 4 nitrogen and oxygen atoms in total. The van der Waals surface area contributed by atoms with Gasteiger partial charge in [0.15, 0.2) is 0 Å². The fourth-order valence-corrected chi connectivity index (χ4v) is 3.66. The van der Waals surface area contributed by atoms with E-state index in [2.05, 4.69) is 21.9 Å². The molecule has 1 aromatic heterocycles. The van der Waals surface area contributed by atoms with Gasteiger partial charge in [-0.3, -0.25) is 0 Å². The number of nitrogens with zero attached hydrogens (tertiary/aromatic N) is 3. The number of aromatic nitrogens is 2. The number of nitrogens with one attached hydrogen (secondary N) is 1. The summed E-state index contributed by atoms with van der Waals surface area (Å²) in [6.07, 6.45) is 1.57. The molecule has 0 bridgehead atoms. The Morgan fingerprint density at radius 1 is 1.27 bits per heavy atom. The Labute approximate surface area is 171 Å². The highest BCUT2D eigenvalue weighted by atomic mass is 19.3. The van der Waals surface area contributed by atoms with Crippen LogP contribution in [0.2, 0.25) is 0 Å². The minimum atomic E-state index is -2.93. The summed E-state index contributed by atoms with van der Waals surface area (Å²) in [7, 11) is 0. The molecule has 1 aliphatic carbocycles. The number of anilines is 1. The summed E-state index contributed by atoms with van der Waals surface area (Å²) in [5.41, 5.74) is -0.180. The van der Waals surface area contributed by atoms with E-state index in [1.54, 1.807) is 31.3 Å². The van der Waals surface area contributed by atoms with Crippen LogP contribution in [0.1, 0.15) is 36.7 Å². The topological polar surface area (TPSA) is 41.1 Å². The predicted octanol–water partition coefficient (Wildman–Crippen LogP) is 3.65. The van der Waals surface area contributed by atoms with Gasteiger partial charge in [-0.2, -0.15) is 0 Å². The third-order valence-corrected chi connectivity index (χ3v) is 5.50. The van der Waals surface area contributed by atoms with E-state index < -0.39 is 17.9 Å². The van der Waals surface area contributed by atoms with Crippen molar-refractivity contribution in [1.29, 1.82) is 0 Å². The lowest BCUT2D eigenvalue weighted by Crippen LogP contribution is -2.46.